The molecule has 0 spiro atoms. The van der Waals surface area contributed by atoms with E-state index in [9.17, 15) is 8.42 Å². The molecular formula is C5H13N3O2S. The first kappa shape index (κ1) is 8.92. The fourth-order valence-electron chi connectivity index (χ4n) is 1.04. The molecule has 6 heteroatoms. The van der Waals surface area contributed by atoms with Crippen molar-refractivity contribution in [3.63, 3.8) is 0 Å². The Morgan fingerprint density at radius 2 is 2.00 bits per heavy atom. The number of nitrogens with two attached hydrogens (primary N) is 1. The lowest BCUT2D eigenvalue weighted by molar-refractivity contribution is 0.326. The summed E-state index contributed by atoms with van der Waals surface area (Å²) in [4.78, 5) is 0. The van der Waals surface area contributed by atoms with E-state index in [0.717, 1.165) is 12.8 Å². The molecule has 5 nitrogen and oxygen atoms in total. The third kappa shape index (κ3) is 2.41. The van der Waals surface area contributed by atoms with Gasteiger partial charge in [-0.2, -0.15) is 13.1 Å². The Morgan fingerprint density at radius 1 is 1.45 bits per heavy atom. The van der Waals surface area contributed by atoms with Crippen LogP contribution in [-0.4, -0.2) is 27.5 Å². The summed E-state index contributed by atoms with van der Waals surface area (Å²) in [5.41, 5.74) is 5.47. The minimum atomic E-state index is -3.26. The van der Waals surface area contributed by atoms with Crippen molar-refractivity contribution in [2.75, 3.05) is 7.05 Å². The van der Waals surface area contributed by atoms with E-state index >= 15 is 0 Å². The lowest BCUT2D eigenvalue weighted by Gasteiger charge is -2.32. The fourth-order valence-corrected chi connectivity index (χ4v) is 1.79. The van der Waals surface area contributed by atoms with Gasteiger partial charge in [-0.25, -0.2) is 4.72 Å². The van der Waals surface area contributed by atoms with Crippen LogP contribution >= 0.6 is 0 Å². The molecule has 0 saturated heterocycles. The van der Waals surface area contributed by atoms with Crippen molar-refractivity contribution in [3.05, 3.63) is 0 Å². The molecule has 0 aliphatic heterocycles. The van der Waals surface area contributed by atoms with E-state index in [0.29, 0.717) is 0 Å². The topological polar surface area (TPSA) is 84.2 Å². The van der Waals surface area contributed by atoms with Gasteiger partial charge in [-0.05, 0) is 12.8 Å². The second kappa shape index (κ2) is 3.06. The molecule has 1 fully saturated rings. The van der Waals surface area contributed by atoms with E-state index in [1.807, 2.05) is 0 Å². The van der Waals surface area contributed by atoms with Gasteiger partial charge < -0.3 is 5.73 Å². The highest BCUT2D eigenvalue weighted by Gasteiger charge is 2.28. The molecule has 0 atom stereocenters. The molecule has 66 valence electrons. The first-order valence-electron chi connectivity index (χ1n) is 3.50. The highest BCUT2D eigenvalue weighted by molar-refractivity contribution is 7.87. The molecule has 0 unspecified atom stereocenters. The SMILES string of the molecule is CNS(=O)(=O)NC1CC(N)C1. The van der Waals surface area contributed by atoms with Gasteiger partial charge in [0.2, 0.25) is 0 Å². The van der Waals surface area contributed by atoms with Gasteiger partial charge in [-0.1, -0.05) is 0 Å². The summed E-state index contributed by atoms with van der Waals surface area (Å²) in [6.45, 7) is 0. The molecule has 0 aromatic heterocycles. The zero-order valence-corrected chi connectivity index (χ0v) is 7.19. The normalized spacial score (nSPS) is 31.5. The lowest BCUT2D eigenvalue weighted by atomic mass is 9.89. The summed E-state index contributed by atoms with van der Waals surface area (Å²) < 4.78 is 26.3. The second-order valence-corrected chi connectivity index (χ2v) is 4.40. The first-order valence-corrected chi connectivity index (χ1v) is 4.98. The highest BCUT2D eigenvalue weighted by atomic mass is 32.2. The van der Waals surface area contributed by atoms with Crippen LogP contribution in [-0.2, 0) is 10.2 Å². The number of hydrogen-bond donors (Lipinski definition) is 3. The maximum atomic E-state index is 10.8. The van der Waals surface area contributed by atoms with Crippen LogP contribution < -0.4 is 15.2 Å². The van der Waals surface area contributed by atoms with Gasteiger partial charge in [0.1, 0.15) is 0 Å². The Labute approximate surface area is 66.5 Å². The van der Waals surface area contributed by atoms with E-state index in [2.05, 4.69) is 9.44 Å². The molecule has 0 heterocycles. The van der Waals surface area contributed by atoms with Gasteiger partial charge in [0.25, 0.3) is 10.2 Å². The second-order valence-electron chi connectivity index (χ2n) is 2.75. The van der Waals surface area contributed by atoms with E-state index in [4.69, 9.17) is 5.73 Å². The van der Waals surface area contributed by atoms with Crippen molar-refractivity contribution in [1.29, 1.82) is 0 Å². The van der Waals surface area contributed by atoms with Gasteiger partial charge in [-0.15, -0.1) is 0 Å². The Balaban J connectivity index is 2.33. The van der Waals surface area contributed by atoms with Gasteiger partial charge in [0, 0.05) is 19.1 Å². The van der Waals surface area contributed by atoms with E-state index < -0.39 is 10.2 Å². The maximum absolute atomic E-state index is 10.8. The standard InChI is InChI=1S/C5H13N3O2S/c1-7-11(9,10)8-5-2-4(6)3-5/h4-5,7-8H,2-3,6H2,1H3. The summed E-state index contributed by atoms with van der Waals surface area (Å²) >= 11 is 0. The predicted octanol–water partition coefficient (Wildman–Crippen LogP) is -1.47. The van der Waals surface area contributed by atoms with Crippen LogP contribution in [0.25, 0.3) is 0 Å². The molecule has 11 heavy (non-hydrogen) atoms. The summed E-state index contributed by atoms with van der Waals surface area (Å²) in [6.07, 6.45) is 1.47. The fraction of sp³-hybridized carbons (Fsp3) is 1.00. The summed E-state index contributed by atoms with van der Waals surface area (Å²) in [6, 6.07) is 0.196. The minimum absolute atomic E-state index is 0.0300. The van der Waals surface area contributed by atoms with Crippen molar-refractivity contribution < 1.29 is 8.42 Å². The molecular weight excluding hydrogens is 166 g/mol. The van der Waals surface area contributed by atoms with Crippen molar-refractivity contribution in [1.82, 2.24) is 9.44 Å². The van der Waals surface area contributed by atoms with Crippen LogP contribution in [0.1, 0.15) is 12.8 Å². The third-order valence-electron chi connectivity index (χ3n) is 1.77. The van der Waals surface area contributed by atoms with Crippen molar-refractivity contribution in [3.8, 4) is 0 Å². The zero-order chi connectivity index (χ0) is 8.48. The van der Waals surface area contributed by atoms with E-state index in [1.54, 1.807) is 0 Å². The van der Waals surface area contributed by atoms with Gasteiger partial charge in [0.15, 0.2) is 0 Å². The van der Waals surface area contributed by atoms with Gasteiger partial charge in [-0.3, -0.25) is 0 Å². The highest BCUT2D eigenvalue weighted by Crippen LogP contribution is 2.17. The Bertz CT molecular complexity index is 220. The monoisotopic (exact) mass is 179 g/mol. The van der Waals surface area contributed by atoms with Crippen LogP contribution in [0.5, 0.6) is 0 Å². The molecule has 0 amide bonds. The number of nitrogens with one attached hydrogen (secondary N) is 2. The van der Waals surface area contributed by atoms with Crippen molar-refractivity contribution >= 4 is 10.2 Å². The van der Waals surface area contributed by atoms with Crippen molar-refractivity contribution in [2.24, 2.45) is 5.73 Å². The zero-order valence-electron chi connectivity index (χ0n) is 6.37. The summed E-state index contributed by atoms with van der Waals surface area (Å²) in [5.74, 6) is 0. The first-order chi connectivity index (χ1) is 5.03. The van der Waals surface area contributed by atoms with Crippen LogP contribution in [0.4, 0.5) is 0 Å². The van der Waals surface area contributed by atoms with E-state index in [1.165, 1.54) is 7.05 Å². The average molecular weight is 179 g/mol. The lowest BCUT2D eigenvalue weighted by Crippen LogP contribution is -2.52. The van der Waals surface area contributed by atoms with E-state index in [-0.39, 0.29) is 12.1 Å². The predicted molar refractivity (Wildman–Crippen MR) is 42.1 cm³/mol. The van der Waals surface area contributed by atoms with Gasteiger partial charge in [0.05, 0.1) is 0 Å². The number of hydrogen-bond acceptors (Lipinski definition) is 3. The molecule has 4 N–H and O–H groups in total. The Kier molecular flexibility index (Phi) is 2.48. The molecule has 0 aromatic carbocycles. The maximum Gasteiger partial charge on any atom is 0.276 e. The van der Waals surface area contributed by atoms with Crippen LogP contribution in [0.15, 0.2) is 0 Å². The molecule has 1 aliphatic carbocycles. The largest absolute Gasteiger partial charge is 0.328 e. The summed E-state index contributed by atoms with van der Waals surface area (Å²) in [7, 11) is -1.88. The summed E-state index contributed by atoms with van der Waals surface area (Å²) in [5, 5.41) is 0. The van der Waals surface area contributed by atoms with Crippen LogP contribution in [0, 0.1) is 0 Å². The molecule has 0 radical (unpaired) electrons. The molecule has 0 bridgehead atoms. The molecule has 0 aromatic rings. The molecule has 1 aliphatic rings. The van der Waals surface area contributed by atoms with Crippen LogP contribution in [0.2, 0.25) is 0 Å². The Hall–Kier alpha value is -0.170. The minimum Gasteiger partial charge on any atom is -0.328 e. The molecule has 1 rings (SSSR count). The number of rotatable bonds is 3. The van der Waals surface area contributed by atoms with Crippen LogP contribution in [0.3, 0.4) is 0 Å². The molecule has 1 saturated carbocycles. The third-order valence-corrected chi connectivity index (χ3v) is 2.95. The van der Waals surface area contributed by atoms with Gasteiger partial charge >= 0.3 is 0 Å². The quantitative estimate of drug-likeness (QED) is 0.494. The average Bonchev–Trinajstić information content (AvgIpc) is 1.84. The smallest absolute Gasteiger partial charge is 0.276 e. The van der Waals surface area contributed by atoms with Crippen molar-refractivity contribution in [2.45, 2.75) is 24.9 Å². The Morgan fingerprint density at radius 3 is 2.36 bits per heavy atom.